The van der Waals surface area contributed by atoms with Crippen LogP contribution in [0.1, 0.15) is 27.7 Å². The van der Waals surface area contributed by atoms with Crippen LogP contribution in [0.5, 0.6) is 0 Å². The molecule has 0 bridgehead atoms. The zero-order chi connectivity index (χ0) is 8.20. The summed E-state index contributed by atoms with van der Waals surface area (Å²) in [7, 11) is 0. The highest BCUT2D eigenvalue weighted by molar-refractivity contribution is 4.67. The molecule has 2 heteroatoms. The molecule has 0 amide bonds. The summed E-state index contributed by atoms with van der Waals surface area (Å²) in [5.41, 5.74) is 0.309. The van der Waals surface area contributed by atoms with Crippen LogP contribution in [-0.4, -0.2) is 24.3 Å². The first-order valence-corrected chi connectivity index (χ1v) is 3.80. The van der Waals surface area contributed by atoms with Gasteiger partial charge >= 0.3 is 0 Å². The largest absolute Gasteiger partial charge is 0.395 e. The molecule has 0 spiro atoms. The van der Waals surface area contributed by atoms with Crippen molar-refractivity contribution in [3.8, 4) is 0 Å². The van der Waals surface area contributed by atoms with Gasteiger partial charge in [0.2, 0.25) is 0 Å². The second-order valence-electron chi connectivity index (χ2n) is 4.03. The van der Waals surface area contributed by atoms with Crippen molar-refractivity contribution in [1.29, 1.82) is 0 Å². The standard InChI is InChI=1S/C8H19NO/c1-7(5-10)9-6-8(2,3)4/h7,9-10H,5-6H2,1-4H3. The molecule has 0 aliphatic carbocycles. The van der Waals surface area contributed by atoms with Gasteiger partial charge in [-0.3, -0.25) is 0 Å². The lowest BCUT2D eigenvalue weighted by atomic mass is 9.97. The van der Waals surface area contributed by atoms with E-state index in [1.165, 1.54) is 0 Å². The topological polar surface area (TPSA) is 32.3 Å². The van der Waals surface area contributed by atoms with Gasteiger partial charge in [-0.25, -0.2) is 0 Å². The molecule has 0 heterocycles. The van der Waals surface area contributed by atoms with Gasteiger partial charge in [0.05, 0.1) is 6.61 Å². The van der Waals surface area contributed by atoms with E-state index in [9.17, 15) is 0 Å². The minimum absolute atomic E-state index is 0.218. The smallest absolute Gasteiger partial charge is 0.0581 e. The second-order valence-corrected chi connectivity index (χ2v) is 4.03. The Morgan fingerprint density at radius 2 is 1.90 bits per heavy atom. The number of aliphatic hydroxyl groups excluding tert-OH is 1. The van der Waals surface area contributed by atoms with E-state index < -0.39 is 0 Å². The normalized spacial score (nSPS) is 15.3. The van der Waals surface area contributed by atoms with E-state index in [0.717, 1.165) is 6.54 Å². The molecule has 0 aromatic rings. The van der Waals surface area contributed by atoms with E-state index in [2.05, 4.69) is 26.1 Å². The lowest BCUT2D eigenvalue weighted by Crippen LogP contribution is -2.35. The van der Waals surface area contributed by atoms with Crippen molar-refractivity contribution in [2.45, 2.75) is 33.7 Å². The molecule has 2 N–H and O–H groups in total. The van der Waals surface area contributed by atoms with E-state index in [-0.39, 0.29) is 12.6 Å². The lowest BCUT2D eigenvalue weighted by Gasteiger charge is -2.21. The van der Waals surface area contributed by atoms with Crippen LogP contribution in [0.3, 0.4) is 0 Å². The third-order valence-electron chi connectivity index (χ3n) is 1.25. The van der Waals surface area contributed by atoms with Gasteiger partial charge in [-0.15, -0.1) is 0 Å². The van der Waals surface area contributed by atoms with Crippen LogP contribution in [0.15, 0.2) is 0 Å². The fourth-order valence-electron chi connectivity index (χ4n) is 0.545. The van der Waals surface area contributed by atoms with Crippen LogP contribution in [0.2, 0.25) is 0 Å². The molecule has 1 atom stereocenters. The average molecular weight is 145 g/mol. The predicted molar refractivity (Wildman–Crippen MR) is 44.0 cm³/mol. The summed E-state index contributed by atoms with van der Waals surface area (Å²) in [6, 6.07) is 0.222. The summed E-state index contributed by atoms with van der Waals surface area (Å²) in [5, 5.41) is 11.9. The van der Waals surface area contributed by atoms with Gasteiger partial charge in [0, 0.05) is 12.6 Å². The molecule has 0 rings (SSSR count). The van der Waals surface area contributed by atoms with E-state index in [0.29, 0.717) is 5.41 Å². The first-order chi connectivity index (χ1) is 4.45. The first-order valence-electron chi connectivity index (χ1n) is 3.80. The van der Waals surface area contributed by atoms with Gasteiger partial charge in [0.1, 0.15) is 0 Å². The first kappa shape index (κ1) is 9.92. The van der Waals surface area contributed by atoms with Gasteiger partial charge in [-0.2, -0.15) is 0 Å². The van der Waals surface area contributed by atoms with Crippen LogP contribution in [0.4, 0.5) is 0 Å². The maximum atomic E-state index is 8.67. The molecule has 0 aromatic heterocycles. The maximum absolute atomic E-state index is 8.67. The quantitative estimate of drug-likeness (QED) is 0.621. The summed E-state index contributed by atoms with van der Waals surface area (Å²) in [5.74, 6) is 0. The van der Waals surface area contributed by atoms with Crippen molar-refractivity contribution in [3.63, 3.8) is 0 Å². The average Bonchev–Trinajstić information content (AvgIpc) is 1.81. The zero-order valence-electron chi connectivity index (χ0n) is 7.44. The summed E-state index contributed by atoms with van der Waals surface area (Å²) >= 11 is 0. The minimum atomic E-state index is 0.218. The minimum Gasteiger partial charge on any atom is -0.395 e. The van der Waals surface area contributed by atoms with Crippen LogP contribution < -0.4 is 5.32 Å². The number of hydrogen-bond donors (Lipinski definition) is 2. The summed E-state index contributed by atoms with van der Waals surface area (Å²) < 4.78 is 0. The summed E-state index contributed by atoms with van der Waals surface area (Å²) in [6.07, 6.45) is 0. The highest BCUT2D eigenvalue weighted by Crippen LogP contribution is 2.10. The molecule has 62 valence electrons. The molecule has 0 aliphatic heterocycles. The molecule has 2 nitrogen and oxygen atoms in total. The molecule has 10 heavy (non-hydrogen) atoms. The Kier molecular flexibility index (Phi) is 3.91. The molecule has 0 aromatic carbocycles. The summed E-state index contributed by atoms with van der Waals surface area (Å²) in [6.45, 7) is 9.66. The number of rotatable bonds is 3. The highest BCUT2D eigenvalue weighted by Gasteiger charge is 2.10. The molecule has 0 fully saturated rings. The molecule has 0 radical (unpaired) electrons. The van der Waals surface area contributed by atoms with Gasteiger partial charge in [-0.1, -0.05) is 20.8 Å². The van der Waals surface area contributed by atoms with Gasteiger partial charge in [0.25, 0.3) is 0 Å². The van der Waals surface area contributed by atoms with Crippen molar-refractivity contribution >= 4 is 0 Å². The van der Waals surface area contributed by atoms with E-state index in [1.807, 2.05) is 6.92 Å². The Balaban J connectivity index is 3.36. The molecular formula is C8H19NO. The molecular weight excluding hydrogens is 126 g/mol. The molecule has 0 aliphatic rings. The Morgan fingerprint density at radius 3 is 2.20 bits per heavy atom. The number of hydrogen-bond acceptors (Lipinski definition) is 2. The van der Waals surface area contributed by atoms with Crippen LogP contribution in [0.25, 0.3) is 0 Å². The second kappa shape index (κ2) is 3.94. The molecule has 0 saturated heterocycles. The van der Waals surface area contributed by atoms with Crippen molar-refractivity contribution in [1.82, 2.24) is 5.32 Å². The van der Waals surface area contributed by atoms with Gasteiger partial charge in [0.15, 0.2) is 0 Å². The van der Waals surface area contributed by atoms with Gasteiger partial charge in [-0.05, 0) is 12.3 Å². The fourth-order valence-corrected chi connectivity index (χ4v) is 0.545. The number of nitrogens with one attached hydrogen (secondary N) is 1. The van der Waals surface area contributed by atoms with Crippen molar-refractivity contribution in [2.24, 2.45) is 5.41 Å². The van der Waals surface area contributed by atoms with E-state index >= 15 is 0 Å². The number of aliphatic hydroxyl groups is 1. The maximum Gasteiger partial charge on any atom is 0.0581 e. The molecule has 1 unspecified atom stereocenters. The van der Waals surface area contributed by atoms with Crippen LogP contribution in [-0.2, 0) is 0 Å². The van der Waals surface area contributed by atoms with Crippen LogP contribution in [0, 0.1) is 5.41 Å². The van der Waals surface area contributed by atoms with E-state index in [1.54, 1.807) is 0 Å². The van der Waals surface area contributed by atoms with Crippen molar-refractivity contribution in [2.75, 3.05) is 13.2 Å². The van der Waals surface area contributed by atoms with E-state index in [4.69, 9.17) is 5.11 Å². The Bertz CT molecular complexity index is 85.7. The zero-order valence-corrected chi connectivity index (χ0v) is 7.44. The third kappa shape index (κ3) is 6.05. The van der Waals surface area contributed by atoms with Crippen molar-refractivity contribution < 1.29 is 5.11 Å². The summed E-state index contributed by atoms with van der Waals surface area (Å²) in [4.78, 5) is 0. The Morgan fingerprint density at radius 1 is 1.40 bits per heavy atom. The highest BCUT2D eigenvalue weighted by atomic mass is 16.3. The lowest BCUT2D eigenvalue weighted by molar-refractivity contribution is 0.237. The Hall–Kier alpha value is -0.0800. The monoisotopic (exact) mass is 145 g/mol. The Labute approximate surface area is 63.6 Å². The molecule has 0 saturated carbocycles. The fraction of sp³-hybridized carbons (Fsp3) is 1.00. The predicted octanol–water partition coefficient (Wildman–Crippen LogP) is 1.00. The van der Waals surface area contributed by atoms with Crippen molar-refractivity contribution in [3.05, 3.63) is 0 Å². The van der Waals surface area contributed by atoms with Crippen LogP contribution >= 0.6 is 0 Å². The third-order valence-corrected chi connectivity index (χ3v) is 1.25. The van der Waals surface area contributed by atoms with Gasteiger partial charge < -0.3 is 10.4 Å². The SMILES string of the molecule is CC(CO)NCC(C)(C)C.